The molecule has 0 aliphatic carbocycles. The standard InChI is InChI=1S/C23H29N3O4/c1-5-6-18-11-19(12-20(28-3)22(18)29-4)23(27)25-14-17-7-8-21(24-13-17)26-9-10-30-16(2)15-26/h5,7-8,11-13,16H,1,6,9-10,14-15H2,2-4H3,(H,25,27). The lowest BCUT2D eigenvalue weighted by Gasteiger charge is -2.32. The summed E-state index contributed by atoms with van der Waals surface area (Å²) in [7, 11) is 3.14. The molecule has 0 bridgehead atoms. The lowest BCUT2D eigenvalue weighted by atomic mass is 10.0. The van der Waals surface area contributed by atoms with E-state index in [9.17, 15) is 4.79 Å². The van der Waals surface area contributed by atoms with Crippen molar-refractivity contribution in [3.63, 3.8) is 0 Å². The third kappa shape index (κ3) is 5.10. The number of nitrogens with one attached hydrogen (secondary N) is 1. The van der Waals surface area contributed by atoms with E-state index in [0.717, 1.165) is 30.0 Å². The maximum Gasteiger partial charge on any atom is 0.251 e. The number of methoxy groups -OCH3 is 2. The summed E-state index contributed by atoms with van der Waals surface area (Å²) in [6, 6.07) is 7.46. The van der Waals surface area contributed by atoms with Crippen molar-refractivity contribution < 1.29 is 19.0 Å². The van der Waals surface area contributed by atoms with E-state index in [-0.39, 0.29) is 12.0 Å². The Balaban J connectivity index is 1.66. The maximum atomic E-state index is 12.7. The van der Waals surface area contributed by atoms with Crippen LogP contribution in [0.1, 0.15) is 28.4 Å². The van der Waals surface area contributed by atoms with Crippen LogP contribution in [0.5, 0.6) is 11.5 Å². The summed E-state index contributed by atoms with van der Waals surface area (Å²) in [5.41, 5.74) is 2.29. The van der Waals surface area contributed by atoms with Crippen LogP contribution >= 0.6 is 0 Å². The van der Waals surface area contributed by atoms with Gasteiger partial charge >= 0.3 is 0 Å². The van der Waals surface area contributed by atoms with Gasteiger partial charge in [0.15, 0.2) is 11.5 Å². The van der Waals surface area contributed by atoms with Gasteiger partial charge in [0.1, 0.15) is 5.82 Å². The summed E-state index contributed by atoms with van der Waals surface area (Å²) in [5, 5.41) is 2.94. The van der Waals surface area contributed by atoms with Gasteiger partial charge in [-0.15, -0.1) is 6.58 Å². The van der Waals surface area contributed by atoms with Gasteiger partial charge in [0.05, 0.1) is 26.9 Å². The van der Waals surface area contributed by atoms with E-state index in [2.05, 4.69) is 28.7 Å². The zero-order chi connectivity index (χ0) is 21.5. The first-order valence-electron chi connectivity index (χ1n) is 10.0. The third-order valence-electron chi connectivity index (χ3n) is 5.01. The average Bonchev–Trinajstić information content (AvgIpc) is 2.77. The van der Waals surface area contributed by atoms with E-state index < -0.39 is 0 Å². The largest absolute Gasteiger partial charge is 0.493 e. The van der Waals surface area contributed by atoms with Crippen LogP contribution in [0.25, 0.3) is 0 Å². The Morgan fingerprint density at radius 1 is 1.37 bits per heavy atom. The van der Waals surface area contributed by atoms with Crippen molar-refractivity contribution >= 4 is 11.7 Å². The highest BCUT2D eigenvalue weighted by molar-refractivity contribution is 5.95. The first-order chi connectivity index (χ1) is 14.5. The summed E-state index contributed by atoms with van der Waals surface area (Å²) >= 11 is 0. The molecule has 7 nitrogen and oxygen atoms in total. The molecule has 1 amide bonds. The molecule has 0 spiro atoms. The van der Waals surface area contributed by atoms with Crippen LogP contribution < -0.4 is 19.7 Å². The molecule has 1 unspecified atom stereocenters. The SMILES string of the molecule is C=CCc1cc(C(=O)NCc2ccc(N3CCOC(C)C3)nc2)cc(OC)c1OC. The molecule has 160 valence electrons. The monoisotopic (exact) mass is 411 g/mol. The summed E-state index contributed by atoms with van der Waals surface area (Å²) in [5.74, 6) is 1.88. The molecule has 3 rings (SSSR count). The van der Waals surface area contributed by atoms with Crippen LogP contribution in [0.2, 0.25) is 0 Å². The smallest absolute Gasteiger partial charge is 0.251 e. The number of anilines is 1. The molecule has 1 N–H and O–H groups in total. The molecule has 1 saturated heterocycles. The number of carbonyl (C=O) groups excluding carboxylic acids is 1. The first-order valence-corrected chi connectivity index (χ1v) is 10.0. The van der Waals surface area contributed by atoms with Gasteiger partial charge in [0.2, 0.25) is 0 Å². The number of allylic oxidation sites excluding steroid dienone is 1. The number of morpholine rings is 1. The van der Waals surface area contributed by atoms with E-state index in [1.807, 2.05) is 12.1 Å². The zero-order valence-corrected chi connectivity index (χ0v) is 17.8. The number of aromatic nitrogens is 1. The van der Waals surface area contributed by atoms with Gasteiger partial charge in [-0.1, -0.05) is 12.1 Å². The zero-order valence-electron chi connectivity index (χ0n) is 17.8. The number of amides is 1. The van der Waals surface area contributed by atoms with Crippen LogP contribution in [-0.2, 0) is 17.7 Å². The molecule has 0 radical (unpaired) electrons. The van der Waals surface area contributed by atoms with Gasteiger partial charge in [-0.2, -0.15) is 0 Å². The molecule has 1 aliphatic heterocycles. The second-order valence-corrected chi connectivity index (χ2v) is 7.20. The highest BCUT2D eigenvalue weighted by Gasteiger charge is 2.18. The summed E-state index contributed by atoms with van der Waals surface area (Å²) in [6.45, 7) is 8.58. The van der Waals surface area contributed by atoms with Crippen LogP contribution in [0.4, 0.5) is 5.82 Å². The van der Waals surface area contributed by atoms with Crippen LogP contribution in [0.15, 0.2) is 43.1 Å². The van der Waals surface area contributed by atoms with Gasteiger partial charge in [-0.05, 0) is 37.1 Å². The van der Waals surface area contributed by atoms with E-state index in [1.54, 1.807) is 38.6 Å². The van der Waals surface area contributed by atoms with E-state index >= 15 is 0 Å². The number of pyridine rings is 1. The molecular weight excluding hydrogens is 382 g/mol. The van der Waals surface area contributed by atoms with Gasteiger partial charge in [0.25, 0.3) is 5.91 Å². The Hall–Kier alpha value is -3.06. The van der Waals surface area contributed by atoms with E-state index in [0.29, 0.717) is 36.6 Å². The molecule has 7 heteroatoms. The van der Waals surface area contributed by atoms with Crippen LogP contribution in [0.3, 0.4) is 0 Å². The Labute approximate surface area is 177 Å². The Morgan fingerprint density at radius 2 is 2.20 bits per heavy atom. The maximum absolute atomic E-state index is 12.7. The number of nitrogens with zero attached hydrogens (tertiary/aromatic N) is 2. The van der Waals surface area contributed by atoms with Crippen molar-refractivity contribution in [2.45, 2.75) is 26.0 Å². The fourth-order valence-corrected chi connectivity index (χ4v) is 3.50. The molecule has 1 aliphatic rings. The Bertz CT molecular complexity index is 883. The molecule has 2 heterocycles. The molecule has 0 saturated carbocycles. The number of hydrogen-bond acceptors (Lipinski definition) is 6. The van der Waals surface area contributed by atoms with Gasteiger partial charge in [-0.3, -0.25) is 4.79 Å². The minimum Gasteiger partial charge on any atom is -0.493 e. The number of hydrogen-bond donors (Lipinski definition) is 1. The molecular formula is C23H29N3O4. The number of ether oxygens (including phenoxy) is 3. The third-order valence-corrected chi connectivity index (χ3v) is 5.01. The fourth-order valence-electron chi connectivity index (χ4n) is 3.50. The summed E-state index contributed by atoms with van der Waals surface area (Å²) in [6.07, 6.45) is 4.34. The molecule has 1 atom stereocenters. The molecule has 1 aromatic heterocycles. The highest BCUT2D eigenvalue weighted by atomic mass is 16.5. The minimum absolute atomic E-state index is 0.188. The first kappa shape index (κ1) is 21.6. The molecule has 1 aromatic carbocycles. The number of rotatable bonds is 8. The normalized spacial score (nSPS) is 16.1. The topological polar surface area (TPSA) is 72.9 Å². The van der Waals surface area contributed by atoms with Gasteiger partial charge in [0, 0.05) is 37.0 Å². The fraction of sp³-hybridized carbons (Fsp3) is 0.391. The van der Waals surface area contributed by atoms with E-state index in [4.69, 9.17) is 14.2 Å². The quantitative estimate of drug-likeness (QED) is 0.674. The van der Waals surface area contributed by atoms with Crippen molar-refractivity contribution in [1.29, 1.82) is 0 Å². The Morgan fingerprint density at radius 3 is 2.83 bits per heavy atom. The van der Waals surface area contributed by atoms with E-state index in [1.165, 1.54) is 0 Å². The number of benzene rings is 1. The summed E-state index contributed by atoms with van der Waals surface area (Å²) in [4.78, 5) is 19.5. The molecule has 2 aromatic rings. The van der Waals surface area contributed by atoms with Crippen molar-refractivity contribution in [3.8, 4) is 11.5 Å². The molecule has 1 fully saturated rings. The van der Waals surface area contributed by atoms with Crippen molar-refractivity contribution in [1.82, 2.24) is 10.3 Å². The van der Waals surface area contributed by atoms with Crippen molar-refractivity contribution in [2.75, 3.05) is 38.8 Å². The number of carbonyl (C=O) groups is 1. The van der Waals surface area contributed by atoms with Gasteiger partial charge < -0.3 is 24.4 Å². The second-order valence-electron chi connectivity index (χ2n) is 7.20. The second kappa shape index (κ2) is 10.1. The Kier molecular flexibility index (Phi) is 7.30. The lowest BCUT2D eigenvalue weighted by molar-refractivity contribution is 0.0529. The van der Waals surface area contributed by atoms with Crippen molar-refractivity contribution in [2.24, 2.45) is 0 Å². The minimum atomic E-state index is -0.188. The summed E-state index contributed by atoms with van der Waals surface area (Å²) < 4.78 is 16.4. The molecule has 30 heavy (non-hydrogen) atoms. The van der Waals surface area contributed by atoms with Gasteiger partial charge in [-0.25, -0.2) is 4.98 Å². The van der Waals surface area contributed by atoms with Crippen molar-refractivity contribution in [3.05, 3.63) is 59.8 Å². The predicted octanol–water partition coefficient (Wildman–Crippen LogP) is 2.98. The lowest BCUT2D eigenvalue weighted by Crippen LogP contribution is -2.41. The van der Waals surface area contributed by atoms with Crippen LogP contribution in [-0.4, -0.2) is 50.9 Å². The van der Waals surface area contributed by atoms with Crippen LogP contribution in [0, 0.1) is 0 Å². The highest BCUT2D eigenvalue weighted by Crippen LogP contribution is 2.33. The average molecular weight is 412 g/mol. The predicted molar refractivity (Wildman–Crippen MR) is 116 cm³/mol.